The molecule has 0 radical (unpaired) electrons. The highest BCUT2D eigenvalue weighted by Gasteiger charge is 2.31. The molecule has 1 aromatic heterocycles. The molecule has 0 aliphatic rings. The summed E-state index contributed by atoms with van der Waals surface area (Å²) >= 11 is 0. The van der Waals surface area contributed by atoms with E-state index in [-0.39, 0.29) is 11.5 Å². The Hall–Kier alpha value is -4.27. The van der Waals surface area contributed by atoms with Gasteiger partial charge in [-0.05, 0) is 80.7 Å². The van der Waals surface area contributed by atoms with Crippen LogP contribution in [0.25, 0.3) is 22.5 Å². The Morgan fingerprint density at radius 3 is 2.29 bits per heavy atom. The summed E-state index contributed by atoms with van der Waals surface area (Å²) < 4.78 is 84.5. The number of alkyl halides is 5. The lowest BCUT2D eigenvalue weighted by atomic mass is 10.0. The molecule has 3 aromatic carbocycles. The van der Waals surface area contributed by atoms with Gasteiger partial charge >= 0.3 is 6.36 Å². The van der Waals surface area contributed by atoms with Crippen LogP contribution in [-0.4, -0.2) is 38.5 Å². The molecule has 0 saturated heterocycles. The number of nitrogens with zero attached hydrogens (tertiary/aromatic N) is 4. The van der Waals surface area contributed by atoms with E-state index in [1.165, 1.54) is 34.1 Å². The van der Waals surface area contributed by atoms with Crippen LogP contribution in [0.4, 0.5) is 27.6 Å². The number of imidazole rings is 1. The molecule has 0 aliphatic carbocycles. The molecule has 1 unspecified atom stereocenters. The highest BCUT2D eigenvalue weighted by atomic mass is 32.2. The van der Waals surface area contributed by atoms with E-state index in [0.717, 1.165) is 12.1 Å². The van der Waals surface area contributed by atoms with Crippen molar-refractivity contribution in [1.82, 2.24) is 13.9 Å². The largest absolute Gasteiger partial charge is 0.573 e. The second-order valence-corrected chi connectivity index (χ2v) is 10.9. The number of benzene rings is 3. The maximum atomic E-state index is 13.5. The summed E-state index contributed by atoms with van der Waals surface area (Å²) in [6.07, 6.45) is -5.30. The number of aromatic nitrogens is 2. The molecule has 4 N–H and O–H groups in total. The zero-order chi connectivity index (χ0) is 30.8. The molecule has 42 heavy (non-hydrogen) atoms. The predicted octanol–water partition coefficient (Wildman–Crippen LogP) is 5.91. The Kier molecular flexibility index (Phi) is 8.99. The van der Waals surface area contributed by atoms with E-state index in [9.17, 15) is 26.2 Å². The average molecular weight is 607 g/mol. The molecule has 14 heteroatoms. The van der Waals surface area contributed by atoms with Gasteiger partial charge in [-0.25, -0.2) is 28.1 Å². The predicted molar refractivity (Wildman–Crippen MR) is 151 cm³/mol. The van der Waals surface area contributed by atoms with Crippen molar-refractivity contribution in [3.63, 3.8) is 0 Å². The molecule has 0 saturated carbocycles. The van der Waals surface area contributed by atoms with Gasteiger partial charge in [-0.2, -0.15) is 0 Å². The second-order valence-electron chi connectivity index (χ2n) is 9.17. The molecular weight excluding hydrogens is 579 g/mol. The van der Waals surface area contributed by atoms with Gasteiger partial charge in [-0.3, -0.25) is 5.01 Å². The van der Waals surface area contributed by atoms with Crippen LogP contribution in [0.2, 0.25) is 0 Å². The van der Waals surface area contributed by atoms with E-state index in [0.29, 0.717) is 33.0 Å². The molecule has 1 heterocycles. The zero-order valence-corrected chi connectivity index (χ0v) is 23.5. The highest BCUT2D eigenvalue weighted by Crippen LogP contribution is 2.35. The first-order chi connectivity index (χ1) is 19.8. The lowest BCUT2D eigenvalue weighted by molar-refractivity contribution is -0.274. The van der Waals surface area contributed by atoms with Crippen LogP contribution in [0.1, 0.15) is 23.5 Å². The Morgan fingerprint density at radius 2 is 1.71 bits per heavy atom. The van der Waals surface area contributed by atoms with E-state index < -0.39 is 35.2 Å². The van der Waals surface area contributed by atoms with E-state index >= 15 is 0 Å². The minimum Gasteiger partial charge on any atom is -0.406 e. The van der Waals surface area contributed by atoms with E-state index in [1.54, 1.807) is 61.7 Å². The number of halogens is 5. The quantitative estimate of drug-likeness (QED) is 0.140. The number of hydrogen-bond acceptors (Lipinski definition) is 6. The van der Waals surface area contributed by atoms with E-state index in [4.69, 9.17) is 11.6 Å². The number of ether oxygens (including phenoxy) is 1. The molecule has 0 aliphatic heterocycles. The van der Waals surface area contributed by atoms with Gasteiger partial charge in [0, 0.05) is 18.0 Å². The molecule has 0 fully saturated rings. The van der Waals surface area contributed by atoms with Crippen LogP contribution in [0, 0.1) is 6.92 Å². The van der Waals surface area contributed by atoms with Crippen molar-refractivity contribution < 1.29 is 30.9 Å². The molecule has 1 atom stereocenters. The first-order valence-corrected chi connectivity index (χ1v) is 13.4. The maximum absolute atomic E-state index is 13.5. The van der Waals surface area contributed by atoms with Crippen molar-refractivity contribution in [3.05, 3.63) is 96.2 Å². The van der Waals surface area contributed by atoms with Gasteiger partial charge in [-0.15, -0.1) is 13.2 Å². The number of rotatable bonds is 9. The number of hydrazine groups is 1. The normalized spacial score (nSPS) is 13.1. The summed E-state index contributed by atoms with van der Waals surface area (Å²) in [6.45, 7) is 1.56. The van der Waals surface area contributed by atoms with Crippen molar-refractivity contribution in [3.8, 4) is 22.6 Å². The van der Waals surface area contributed by atoms with Crippen LogP contribution in [0.15, 0.2) is 84.0 Å². The maximum Gasteiger partial charge on any atom is 0.573 e. The SMILES string of the molecule is Cc1nc(C(F)F)cn1-c1ccc(-c2cccc(S(=O)N(C)C)c2)cc1N(N)/C(=C\N)c1ccc(OC(F)(F)F)cc1. The first-order valence-electron chi connectivity index (χ1n) is 12.3. The zero-order valence-electron chi connectivity index (χ0n) is 22.6. The third-order valence-electron chi connectivity index (χ3n) is 6.12. The van der Waals surface area contributed by atoms with Crippen molar-refractivity contribution in [1.29, 1.82) is 0 Å². The third-order valence-corrected chi connectivity index (χ3v) is 7.44. The smallest absolute Gasteiger partial charge is 0.406 e. The lowest BCUT2D eigenvalue weighted by Gasteiger charge is -2.26. The van der Waals surface area contributed by atoms with Crippen LogP contribution in [0.5, 0.6) is 5.75 Å². The molecule has 4 aromatic rings. The molecule has 0 amide bonds. The Balaban J connectivity index is 1.83. The van der Waals surface area contributed by atoms with Crippen LogP contribution in [-0.2, 0) is 11.0 Å². The summed E-state index contributed by atoms with van der Waals surface area (Å²) in [7, 11) is 1.97. The molecule has 0 spiro atoms. The van der Waals surface area contributed by atoms with Gasteiger partial charge in [0.25, 0.3) is 6.43 Å². The van der Waals surface area contributed by atoms with Gasteiger partial charge in [0.05, 0.1) is 22.0 Å². The number of anilines is 1. The molecule has 8 nitrogen and oxygen atoms in total. The van der Waals surface area contributed by atoms with Gasteiger partial charge in [0.15, 0.2) is 0 Å². The number of aryl methyl sites for hydroxylation is 1. The fraction of sp³-hybridized carbons (Fsp3) is 0.179. The van der Waals surface area contributed by atoms with Crippen LogP contribution >= 0.6 is 0 Å². The minimum atomic E-state index is -4.86. The van der Waals surface area contributed by atoms with E-state index in [1.807, 2.05) is 6.07 Å². The molecular formula is C28H27F5N6O2S. The van der Waals surface area contributed by atoms with Gasteiger partial charge in [0.2, 0.25) is 0 Å². The molecule has 0 bridgehead atoms. The summed E-state index contributed by atoms with van der Waals surface area (Å²) in [5.41, 5.74) is 8.08. The Morgan fingerprint density at radius 1 is 1.05 bits per heavy atom. The Bertz CT molecular complexity index is 1620. The van der Waals surface area contributed by atoms with Crippen molar-refractivity contribution in [2.75, 3.05) is 19.1 Å². The second kappa shape index (κ2) is 12.3. The highest BCUT2D eigenvalue weighted by molar-refractivity contribution is 7.82. The summed E-state index contributed by atoms with van der Waals surface area (Å²) in [5, 5.41) is 1.20. The van der Waals surface area contributed by atoms with Crippen molar-refractivity contribution in [2.45, 2.75) is 24.6 Å². The summed E-state index contributed by atoms with van der Waals surface area (Å²) in [6, 6.07) is 17.1. The van der Waals surface area contributed by atoms with Gasteiger partial charge in [0.1, 0.15) is 28.3 Å². The van der Waals surface area contributed by atoms with Gasteiger partial charge in [-0.1, -0.05) is 18.2 Å². The fourth-order valence-corrected chi connectivity index (χ4v) is 5.06. The minimum absolute atomic E-state index is 0.196. The van der Waals surface area contributed by atoms with Crippen molar-refractivity contribution >= 4 is 22.4 Å². The monoisotopic (exact) mass is 606 g/mol. The van der Waals surface area contributed by atoms with Crippen molar-refractivity contribution in [2.24, 2.45) is 11.6 Å². The lowest BCUT2D eigenvalue weighted by Crippen LogP contribution is -2.31. The molecule has 222 valence electrons. The fourth-order valence-electron chi connectivity index (χ4n) is 4.21. The third kappa shape index (κ3) is 6.78. The number of nitrogens with two attached hydrogens (primary N) is 2. The Labute approximate surface area is 241 Å². The first kappa shape index (κ1) is 30.7. The number of hydrogen-bond donors (Lipinski definition) is 2. The van der Waals surface area contributed by atoms with Gasteiger partial charge < -0.3 is 15.0 Å². The summed E-state index contributed by atoms with van der Waals surface area (Å²) in [5.74, 6) is 6.41. The average Bonchev–Trinajstić information content (AvgIpc) is 3.34. The topological polar surface area (TPSA) is 103 Å². The van der Waals surface area contributed by atoms with Crippen LogP contribution < -0.4 is 21.3 Å². The summed E-state index contributed by atoms with van der Waals surface area (Å²) in [4.78, 5) is 4.51. The van der Waals surface area contributed by atoms with Crippen LogP contribution in [0.3, 0.4) is 0 Å². The molecule has 4 rings (SSSR count). The standard InChI is InChI=1S/C28H27F5N6O2S/c1-17-36-23(27(29)30)16-38(17)24-12-9-20(19-5-4-6-22(13-19)42(40)37(2)3)14-25(24)39(35)26(15-34)18-7-10-21(11-8-18)41-28(31,32)33/h4-16,27H,34-35H2,1-3H3/b26-15-. The van der Waals surface area contributed by atoms with E-state index in [2.05, 4.69) is 9.72 Å².